The first-order chi connectivity index (χ1) is 24.8. The van der Waals surface area contributed by atoms with E-state index in [2.05, 4.69) is 65.1 Å². The Labute approximate surface area is 293 Å². The summed E-state index contributed by atoms with van der Waals surface area (Å²) in [5, 5.41) is 13.4. The minimum absolute atomic E-state index is 0.0330. The van der Waals surface area contributed by atoms with Crippen molar-refractivity contribution in [2.24, 2.45) is 0 Å². The molecule has 0 aliphatic carbocycles. The van der Waals surface area contributed by atoms with Crippen molar-refractivity contribution in [1.82, 2.24) is 39.8 Å². The second kappa shape index (κ2) is 13.3. The van der Waals surface area contributed by atoms with Crippen molar-refractivity contribution < 1.29 is 19.2 Å². The largest absolute Gasteiger partial charge is 0.369 e. The first-order valence-corrected chi connectivity index (χ1v) is 17.0. The number of piperazine rings is 1. The standard InChI is InChI=1S/C36H37N11O4/c1-23-18-38-35(50)30-17-26-4-7-29(41-33(26)47(23)30)34(49)40-27-19-39-45(22-27)21-24-2-5-28(6-3-24)44-14-12-43(13-15-44)20-25-8-10-37-31(16-25)46-11-9-32(48)42-36(46)51/h2-8,10,16-17,19,22-23H,9,11-15,18,20-21H2,1H3,(H,38,50)(H,40,49)(H,42,48,51)/t23-/m1/s1. The molecule has 3 N–H and O–H groups in total. The molecule has 5 amide bonds. The lowest BCUT2D eigenvalue weighted by Gasteiger charge is -2.36. The third-order valence-electron chi connectivity index (χ3n) is 9.61. The van der Waals surface area contributed by atoms with Crippen molar-refractivity contribution in [3.8, 4) is 0 Å². The monoisotopic (exact) mass is 687 g/mol. The van der Waals surface area contributed by atoms with Crippen LogP contribution >= 0.6 is 0 Å². The normalized spacial score (nSPS) is 18.1. The predicted molar refractivity (Wildman–Crippen MR) is 190 cm³/mol. The summed E-state index contributed by atoms with van der Waals surface area (Å²) in [4.78, 5) is 64.5. The number of carbonyl (C=O) groups is 4. The summed E-state index contributed by atoms with van der Waals surface area (Å²) in [7, 11) is 0. The molecule has 1 atom stereocenters. The van der Waals surface area contributed by atoms with E-state index in [1.165, 1.54) is 4.90 Å². The zero-order chi connectivity index (χ0) is 35.1. The van der Waals surface area contributed by atoms with Crippen molar-refractivity contribution in [2.45, 2.75) is 32.5 Å². The van der Waals surface area contributed by atoms with Crippen LogP contribution in [0.3, 0.4) is 0 Å². The van der Waals surface area contributed by atoms with E-state index < -0.39 is 6.03 Å². The van der Waals surface area contributed by atoms with E-state index in [0.29, 0.717) is 42.5 Å². The van der Waals surface area contributed by atoms with Crippen LogP contribution in [0.2, 0.25) is 0 Å². The average molecular weight is 688 g/mol. The number of rotatable bonds is 8. The highest BCUT2D eigenvalue weighted by Gasteiger charge is 2.27. The molecule has 7 heterocycles. The maximum Gasteiger partial charge on any atom is 0.329 e. The minimum atomic E-state index is -0.429. The van der Waals surface area contributed by atoms with E-state index in [4.69, 9.17) is 0 Å². The molecule has 0 spiro atoms. The first-order valence-electron chi connectivity index (χ1n) is 17.0. The van der Waals surface area contributed by atoms with Crippen molar-refractivity contribution in [3.05, 3.63) is 95.7 Å². The van der Waals surface area contributed by atoms with Gasteiger partial charge in [0.05, 0.1) is 24.5 Å². The molecule has 2 fully saturated rings. The number of hydrogen-bond donors (Lipinski definition) is 3. The zero-order valence-corrected chi connectivity index (χ0v) is 28.1. The van der Waals surface area contributed by atoms with E-state index in [1.807, 2.05) is 29.7 Å². The van der Waals surface area contributed by atoms with Crippen LogP contribution in [-0.2, 0) is 17.9 Å². The molecule has 3 aliphatic heterocycles. The minimum Gasteiger partial charge on any atom is -0.369 e. The Balaban J connectivity index is 0.837. The van der Waals surface area contributed by atoms with Gasteiger partial charge < -0.3 is 20.1 Å². The SMILES string of the molecule is C[C@@H]1CNC(=O)c2cc3ccc(C(=O)Nc4cnn(Cc5ccc(N6CCN(Cc7ccnc(N8CCC(=O)NC8=O)c7)CC6)cc5)c4)nc3n21. The predicted octanol–water partition coefficient (Wildman–Crippen LogP) is 3.00. The highest BCUT2D eigenvalue weighted by atomic mass is 16.2. The van der Waals surface area contributed by atoms with Gasteiger partial charge in [-0.05, 0) is 60.5 Å². The van der Waals surface area contributed by atoms with Gasteiger partial charge in [-0.1, -0.05) is 12.1 Å². The lowest BCUT2D eigenvalue weighted by molar-refractivity contribution is -0.120. The molecule has 8 rings (SSSR count). The molecule has 1 aromatic carbocycles. The van der Waals surface area contributed by atoms with Crippen molar-refractivity contribution in [3.63, 3.8) is 0 Å². The van der Waals surface area contributed by atoms with E-state index >= 15 is 0 Å². The maximum absolute atomic E-state index is 13.1. The lowest BCUT2D eigenvalue weighted by atomic mass is 10.1. The van der Waals surface area contributed by atoms with Gasteiger partial charge in [0.2, 0.25) is 5.91 Å². The molecule has 15 heteroatoms. The number of fused-ring (bicyclic) bond motifs is 3. The van der Waals surface area contributed by atoms with E-state index in [0.717, 1.165) is 54.9 Å². The van der Waals surface area contributed by atoms with Crippen molar-refractivity contribution >= 4 is 52.0 Å². The van der Waals surface area contributed by atoms with Gasteiger partial charge in [0.25, 0.3) is 11.8 Å². The molecule has 2 saturated heterocycles. The molecular formula is C36H37N11O4. The molecule has 4 aromatic heterocycles. The first kappa shape index (κ1) is 32.1. The number of benzene rings is 1. The number of nitrogens with zero attached hydrogens (tertiary/aromatic N) is 8. The third kappa shape index (κ3) is 6.62. The van der Waals surface area contributed by atoms with E-state index in [1.54, 1.807) is 35.4 Å². The number of hydrogen-bond acceptors (Lipinski definition) is 9. The van der Waals surface area contributed by atoms with Crippen LogP contribution in [0.1, 0.15) is 51.5 Å². The molecule has 0 bridgehead atoms. The van der Waals surface area contributed by atoms with Crippen LogP contribution in [-0.4, -0.2) is 92.2 Å². The Bertz CT molecular complexity index is 2150. The number of amides is 5. The molecule has 15 nitrogen and oxygen atoms in total. The fourth-order valence-electron chi connectivity index (χ4n) is 6.89. The number of urea groups is 1. The third-order valence-corrected chi connectivity index (χ3v) is 9.61. The van der Waals surface area contributed by atoms with E-state index in [9.17, 15) is 19.2 Å². The van der Waals surface area contributed by atoms with Crippen molar-refractivity contribution in [2.75, 3.05) is 54.4 Å². The van der Waals surface area contributed by atoms with Gasteiger partial charge in [-0.2, -0.15) is 5.10 Å². The molecule has 0 unspecified atom stereocenters. The summed E-state index contributed by atoms with van der Waals surface area (Å²) in [5.41, 5.74) is 5.31. The highest BCUT2D eigenvalue weighted by Crippen LogP contribution is 2.26. The van der Waals surface area contributed by atoms with Gasteiger partial charge in [0.1, 0.15) is 22.9 Å². The van der Waals surface area contributed by atoms with Gasteiger partial charge in [-0.25, -0.2) is 14.8 Å². The van der Waals surface area contributed by atoms with Crippen LogP contribution in [0, 0.1) is 0 Å². The second-order valence-corrected chi connectivity index (χ2v) is 13.2. The quantitative estimate of drug-likeness (QED) is 0.223. The Morgan fingerprint density at radius 1 is 0.941 bits per heavy atom. The van der Waals surface area contributed by atoms with Gasteiger partial charge in [0, 0.05) is 75.7 Å². The number of imide groups is 1. The van der Waals surface area contributed by atoms with Crippen LogP contribution in [0.4, 0.5) is 22.0 Å². The Morgan fingerprint density at radius 3 is 2.57 bits per heavy atom. The van der Waals surface area contributed by atoms with Gasteiger partial charge in [0.15, 0.2) is 0 Å². The average Bonchev–Trinajstić information content (AvgIpc) is 3.75. The number of nitrogens with one attached hydrogen (secondary N) is 3. The molecule has 260 valence electrons. The fourth-order valence-corrected chi connectivity index (χ4v) is 6.89. The van der Waals surface area contributed by atoms with Gasteiger partial charge in [-0.15, -0.1) is 0 Å². The molecule has 3 aliphatic rings. The van der Waals surface area contributed by atoms with Crippen LogP contribution < -0.4 is 25.8 Å². The molecule has 0 radical (unpaired) electrons. The summed E-state index contributed by atoms with van der Waals surface area (Å²) < 4.78 is 3.67. The smallest absolute Gasteiger partial charge is 0.329 e. The van der Waals surface area contributed by atoms with Crippen LogP contribution in [0.5, 0.6) is 0 Å². The number of pyridine rings is 2. The molecule has 0 saturated carbocycles. The number of aromatic nitrogens is 5. The Hall–Kier alpha value is -6.09. The second-order valence-electron chi connectivity index (χ2n) is 13.2. The molecular weight excluding hydrogens is 650 g/mol. The summed E-state index contributed by atoms with van der Waals surface area (Å²) in [6, 6.07) is 17.2. The summed E-state index contributed by atoms with van der Waals surface area (Å²) >= 11 is 0. The highest BCUT2D eigenvalue weighted by molar-refractivity contribution is 6.06. The Morgan fingerprint density at radius 2 is 1.76 bits per heavy atom. The lowest BCUT2D eigenvalue weighted by Crippen LogP contribution is -2.50. The van der Waals surface area contributed by atoms with E-state index in [-0.39, 0.29) is 35.9 Å². The van der Waals surface area contributed by atoms with Crippen molar-refractivity contribution in [1.29, 1.82) is 0 Å². The topological polar surface area (TPSA) is 163 Å². The van der Waals surface area contributed by atoms with Crippen LogP contribution in [0.25, 0.3) is 11.0 Å². The number of carbonyl (C=O) groups excluding carboxylic acids is 4. The number of anilines is 3. The zero-order valence-electron chi connectivity index (χ0n) is 28.1. The maximum atomic E-state index is 13.1. The Kier molecular flexibility index (Phi) is 8.39. The fraction of sp³-hybridized carbons (Fsp3) is 0.306. The van der Waals surface area contributed by atoms with Crippen LogP contribution in [0.15, 0.2) is 73.2 Å². The summed E-state index contributed by atoms with van der Waals surface area (Å²) in [6.45, 7) is 7.72. The summed E-state index contributed by atoms with van der Waals surface area (Å²) in [6.07, 6.45) is 5.39. The van der Waals surface area contributed by atoms with Gasteiger partial charge >= 0.3 is 6.03 Å². The molecule has 51 heavy (non-hydrogen) atoms. The summed E-state index contributed by atoms with van der Waals surface area (Å²) in [5.74, 6) is -0.190. The van der Waals surface area contributed by atoms with Gasteiger partial charge in [-0.3, -0.25) is 34.2 Å². The molecule has 5 aromatic rings.